The van der Waals surface area contributed by atoms with Crippen molar-refractivity contribution in [2.24, 2.45) is 0 Å². The summed E-state index contributed by atoms with van der Waals surface area (Å²) in [6, 6.07) is 10.2. The normalized spacial score (nSPS) is 18.0. The number of rotatable bonds is 4. The van der Waals surface area contributed by atoms with E-state index in [4.69, 9.17) is 5.10 Å². The van der Waals surface area contributed by atoms with Crippen molar-refractivity contribution in [3.8, 4) is 0 Å². The van der Waals surface area contributed by atoms with E-state index in [2.05, 4.69) is 43.1 Å². The maximum absolute atomic E-state index is 13.0. The smallest absolute Gasteiger partial charge is 0.273 e. The molecule has 5 heteroatoms. The van der Waals surface area contributed by atoms with Gasteiger partial charge < -0.3 is 10.2 Å². The summed E-state index contributed by atoms with van der Waals surface area (Å²) in [5.41, 5.74) is 3.55. The summed E-state index contributed by atoms with van der Waals surface area (Å²) < 4.78 is 1.88. The van der Waals surface area contributed by atoms with Gasteiger partial charge in [-0.1, -0.05) is 12.8 Å². The van der Waals surface area contributed by atoms with Gasteiger partial charge in [0.2, 0.25) is 0 Å². The molecule has 2 heterocycles. The van der Waals surface area contributed by atoms with Crippen molar-refractivity contribution in [3.63, 3.8) is 0 Å². The van der Waals surface area contributed by atoms with Gasteiger partial charge in [0.15, 0.2) is 0 Å². The number of aromatic nitrogens is 2. The largest absolute Gasteiger partial charge is 0.372 e. The molecular formula is C23H32N4O. The molecule has 150 valence electrons. The minimum Gasteiger partial charge on any atom is -0.372 e. The van der Waals surface area contributed by atoms with Crippen LogP contribution in [0.4, 0.5) is 11.4 Å². The number of hydrogen-bond acceptors (Lipinski definition) is 3. The average molecular weight is 381 g/mol. The summed E-state index contributed by atoms with van der Waals surface area (Å²) >= 11 is 0. The van der Waals surface area contributed by atoms with Gasteiger partial charge in [-0.15, -0.1) is 0 Å². The van der Waals surface area contributed by atoms with Crippen molar-refractivity contribution < 1.29 is 4.79 Å². The molecule has 1 aliphatic heterocycles. The van der Waals surface area contributed by atoms with E-state index in [1.165, 1.54) is 44.2 Å². The van der Waals surface area contributed by atoms with Gasteiger partial charge in [0.1, 0.15) is 5.69 Å². The maximum atomic E-state index is 13.0. The van der Waals surface area contributed by atoms with Crippen LogP contribution in [0.15, 0.2) is 30.3 Å². The average Bonchev–Trinajstić information content (AvgIpc) is 3.45. The highest BCUT2D eigenvalue weighted by atomic mass is 16.2. The first kappa shape index (κ1) is 19.0. The molecule has 1 N–H and O–H groups in total. The Morgan fingerprint density at radius 1 is 1.04 bits per heavy atom. The molecule has 5 nitrogen and oxygen atoms in total. The zero-order valence-corrected chi connectivity index (χ0v) is 17.4. The molecule has 0 bridgehead atoms. The molecule has 0 spiro atoms. The van der Waals surface area contributed by atoms with Gasteiger partial charge in [0.05, 0.1) is 11.2 Å². The lowest BCUT2D eigenvalue weighted by atomic mass is 10.1. The molecule has 1 saturated carbocycles. The third-order valence-electron chi connectivity index (χ3n) is 5.69. The van der Waals surface area contributed by atoms with E-state index in [1.807, 2.05) is 22.9 Å². The van der Waals surface area contributed by atoms with Crippen LogP contribution in [0.3, 0.4) is 0 Å². The molecule has 2 aromatic rings. The fourth-order valence-electron chi connectivity index (χ4n) is 3.93. The second kappa shape index (κ2) is 7.61. The minimum absolute atomic E-state index is 0.0863. The summed E-state index contributed by atoms with van der Waals surface area (Å²) in [5.74, 6) is 0.444. The van der Waals surface area contributed by atoms with Crippen LogP contribution in [-0.2, 0) is 5.54 Å². The van der Waals surface area contributed by atoms with Crippen LogP contribution in [0.2, 0.25) is 0 Å². The lowest BCUT2D eigenvalue weighted by Crippen LogP contribution is -2.29. The second-order valence-corrected chi connectivity index (χ2v) is 9.21. The minimum atomic E-state index is -0.226. The van der Waals surface area contributed by atoms with E-state index in [1.54, 1.807) is 0 Å². The Kier molecular flexibility index (Phi) is 5.17. The fourth-order valence-corrected chi connectivity index (χ4v) is 3.93. The number of nitrogens with zero attached hydrogens (tertiary/aromatic N) is 3. The van der Waals surface area contributed by atoms with Crippen molar-refractivity contribution in [3.05, 3.63) is 41.7 Å². The van der Waals surface area contributed by atoms with E-state index >= 15 is 0 Å². The second-order valence-electron chi connectivity index (χ2n) is 9.21. The molecule has 1 amide bonds. The Morgan fingerprint density at radius 2 is 1.68 bits per heavy atom. The molecule has 2 aliphatic rings. The number of benzene rings is 1. The molecule has 0 radical (unpaired) electrons. The predicted molar refractivity (Wildman–Crippen MR) is 114 cm³/mol. The lowest BCUT2D eigenvalue weighted by molar-refractivity contribution is 0.100. The summed E-state index contributed by atoms with van der Waals surface area (Å²) in [6.45, 7) is 8.51. The number of amides is 1. The quantitative estimate of drug-likeness (QED) is 0.798. The zero-order valence-electron chi connectivity index (χ0n) is 17.4. The molecule has 1 aliphatic carbocycles. The summed E-state index contributed by atoms with van der Waals surface area (Å²) in [4.78, 5) is 15.4. The van der Waals surface area contributed by atoms with E-state index < -0.39 is 0 Å². The van der Waals surface area contributed by atoms with Crippen LogP contribution in [0.25, 0.3) is 0 Å². The Bertz CT molecular complexity index is 819. The van der Waals surface area contributed by atoms with Gasteiger partial charge in [-0.05, 0) is 76.8 Å². The van der Waals surface area contributed by atoms with E-state index in [0.717, 1.165) is 24.5 Å². The Labute approximate surface area is 168 Å². The van der Waals surface area contributed by atoms with Gasteiger partial charge in [-0.2, -0.15) is 5.10 Å². The summed E-state index contributed by atoms with van der Waals surface area (Å²) in [5, 5.41) is 7.81. The highest BCUT2D eigenvalue weighted by Gasteiger charge is 2.31. The van der Waals surface area contributed by atoms with E-state index in [9.17, 15) is 4.79 Å². The van der Waals surface area contributed by atoms with Crippen molar-refractivity contribution in [2.75, 3.05) is 23.3 Å². The van der Waals surface area contributed by atoms with Gasteiger partial charge in [0, 0.05) is 30.4 Å². The van der Waals surface area contributed by atoms with Crippen molar-refractivity contribution >= 4 is 17.3 Å². The molecule has 4 rings (SSSR count). The van der Waals surface area contributed by atoms with Crippen molar-refractivity contribution in [1.29, 1.82) is 0 Å². The lowest BCUT2D eigenvalue weighted by Gasteiger charge is -2.23. The van der Waals surface area contributed by atoms with Gasteiger partial charge in [0.25, 0.3) is 5.91 Å². The Balaban J connectivity index is 1.49. The summed E-state index contributed by atoms with van der Waals surface area (Å²) in [7, 11) is 0. The molecule has 1 aromatic carbocycles. The number of hydrogen-bond donors (Lipinski definition) is 1. The Morgan fingerprint density at radius 3 is 2.25 bits per heavy atom. The van der Waals surface area contributed by atoms with Gasteiger partial charge in [-0.3, -0.25) is 9.48 Å². The van der Waals surface area contributed by atoms with E-state index in [0.29, 0.717) is 11.6 Å². The number of carbonyl (C=O) groups excluding carboxylic acids is 1. The molecule has 28 heavy (non-hydrogen) atoms. The number of anilines is 2. The maximum Gasteiger partial charge on any atom is 0.273 e. The standard InChI is InChI=1S/C23H32N4O/c1-23(2,3)27-21(16-20(25-27)17-8-9-17)22(28)24-18-10-12-19(13-11-18)26-14-6-4-5-7-15-26/h10-13,16-17H,4-9,14-15H2,1-3H3,(H,24,28). The molecular weight excluding hydrogens is 348 g/mol. The van der Waals surface area contributed by atoms with Crippen molar-refractivity contribution in [2.45, 2.75) is 70.8 Å². The molecule has 1 saturated heterocycles. The molecule has 1 aromatic heterocycles. The topological polar surface area (TPSA) is 50.2 Å². The number of carbonyl (C=O) groups is 1. The molecule has 2 fully saturated rings. The fraction of sp³-hybridized carbons (Fsp3) is 0.565. The van der Waals surface area contributed by atoms with Crippen LogP contribution < -0.4 is 10.2 Å². The SMILES string of the molecule is CC(C)(C)n1nc(C2CC2)cc1C(=O)Nc1ccc(N2CCCCCC2)cc1. The van der Waals surface area contributed by atoms with Gasteiger partial charge in [-0.25, -0.2) is 0 Å². The first-order chi connectivity index (χ1) is 13.4. The van der Waals surface area contributed by atoms with E-state index in [-0.39, 0.29) is 11.4 Å². The van der Waals surface area contributed by atoms with Crippen LogP contribution in [0, 0.1) is 0 Å². The summed E-state index contributed by atoms with van der Waals surface area (Å²) in [6.07, 6.45) is 7.54. The molecule has 0 unspecified atom stereocenters. The zero-order chi connectivity index (χ0) is 19.7. The highest BCUT2D eigenvalue weighted by Crippen LogP contribution is 2.40. The number of nitrogens with one attached hydrogen (secondary N) is 1. The van der Waals surface area contributed by atoms with Crippen LogP contribution in [0.5, 0.6) is 0 Å². The van der Waals surface area contributed by atoms with Crippen LogP contribution in [-0.4, -0.2) is 28.8 Å². The van der Waals surface area contributed by atoms with Crippen molar-refractivity contribution in [1.82, 2.24) is 9.78 Å². The first-order valence-corrected chi connectivity index (χ1v) is 10.7. The van der Waals surface area contributed by atoms with Crippen LogP contribution >= 0.6 is 0 Å². The first-order valence-electron chi connectivity index (χ1n) is 10.7. The highest BCUT2D eigenvalue weighted by molar-refractivity contribution is 6.03. The van der Waals surface area contributed by atoms with Gasteiger partial charge >= 0.3 is 0 Å². The van der Waals surface area contributed by atoms with Crippen LogP contribution in [0.1, 0.15) is 81.4 Å². The third kappa shape index (κ3) is 4.23. The monoisotopic (exact) mass is 380 g/mol. The molecule has 0 atom stereocenters. The predicted octanol–water partition coefficient (Wildman–Crippen LogP) is 5.15. The third-order valence-corrected chi connectivity index (χ3v) is 5.69. The Hall–Kier alpha value is -2.30.